The van der Waals surface area contributed by atoms with Gasteiger partial charge in [-0.05, 0) is 31.5 Å². The smallest absolute Gasteiger partial charge is 0.167 e. The molecule has 0 saturated heterocycles. The average molecular weight is 268 g/mol. The van der Waals surface area contributed by atoms with Gasteiger partial charge in [0.2, 0.25) is 0 Å². The molecule has 3 heteroatoms. The molecule has 0 amide bonds. The van der Waals surface area contributed by atoms with Crippen LogP contribution in [0.5, 0.6) is 0 Å². The fourth-order valence-corrected chi connectivity index (χ4v) is 2.63. The van der Waals surface area contributed by atoms with E-state index in [1.165, 1.54) is 5.56 Å². The third-order valence-electron chi connectivity index (χ3n) is 3.79. The summed E-state index contributed by atoms with van der Waals surface area (Å²) >= 11 is 0. The zero-order chi connectivity index (χ0) is 12.3. The maximum Gasteiger partial charge on any atom is 0.167 e. The second-order valence-electron chi connectivity index (χ2n) is 4.74. The predicted molar refractivity (Wildman–Crippen MR) is 77.6 cm³/mol. The predicted octanol–water partition coefficient (Wildman–Crippen LogP) is 3.20. The normalized spacial score (nSPS) is 18.4. The molecular weight excluding hydrogens is 246 g/mol. The molecule has 2 rings (SSSR count). The lowest BCUT2D eigenvalue weighted by molar-refractivity contribution is 0.0863. The number of carbonyl (C=O) groups excluding carboxylic acids is 1. The Hall–Kier alpha value is -0.860. The molecule has 0 fully saturated rings. The Morgan fingerprint density at radius 3 is 2.56 bits per heavy atom. The zero-order valence-electron chi connectivity index (χ0n) is 11.2. The first-order chi connectivity index (χ1) is 8.26. The van der Waals surface area contributed by atoms with Crippen molar-refractivity contribution in [3.63, 3.8) is 0 Å². The summed E-state index contributed by atoms with van der Waals surface area (Å²) in [7, 11) is 0. The highest BCUT2D eigenvalue weighted by Crippen LogP contribution is 2.25. The number of fused-ring (bicyclic) bond motifs is 1. The van der Waals surface area contributed by atoms with Gasteiger partial charge in [-0.1, -0.05) is 38.1 Å². The molecule has 100 valence electrons. The zero-order valence-corrected chi connectivity index (χ0v) is 12.0. The molecule has 0 radical (unpaired) electrons. The highest BCUT2D eigenvalue weighted by Gasteiger charge is 2.27. The van der Waals surface area contributed by atoms with Crippen LogP contribution >= 0.6 is 12.4 Å². The molecule has 0 saturated carbocycles. The third-order valence-corrected chi connectivity index (χ3v) is 3.79. The van der Waals surface area contributed by atoms with Crippen LogP contribution in [0.1, 0.15) is 36.2 Å². The van der Waals surface area contributed by atoms with Crippen LogP contribution in [0.3, 0.4) is 0 Å². The standard InChI is InChI=1S/C15H21NO.ClH/c1-3-16(4-2)11-13-10-9-12-7-5-6-8-14(12)15(13)17;/h5-8,13H,3-4,9-11H2,1-2H3;1H. The van der Waals surface area contributed by atoms with Crippen molar-refractivity contribution in [3.8, 4) is 0 Å². The summed E-state index contributed by atoms with van der Waals surface area (Å²) in [6.07, 6.45) is 2.06. The lowest BCUT2D eigenvalue weighted by Crippen LogP contribution is -2.35. The van der Waals surface area contributed by atoms with Gasteiger partial charge >= 0.3 is 0 Å². The largest absolute Gasteiger partial charge is 0.303 e. The summed E-state index contributed by atoms with van der Waals surface area (Å²) in [5.41, 5.74) is 2.18. The maximum atomic E-state index is 12.4. The SMILES string of the molecule is CCN(CC)CC1CCc2ccccc2C1=O.Cl. The molecule has 1 atom stereocenters. The van der Waals surface area contributed by atoms with Gasteiger partial charge in [-0.15, -0.1) is 12.4 Å². The number of halogens is 1. The van der Waals surface area contributed by atoms with E-state index >= 15 is 0 Å². The average Bonchev–Trinajstić information content (AvgIpc) is 2.38. The molecule has 0 aromatic heterocycles. The first-order valence-electron chi connectivity index (χ1n) is 6.60. The Bertz CT molecular complexity index is 401. The van der Waals surface area contributed by atoms with Gasteiger partial charge in [-0.2, -0.15) is 0 Å². The molecule has 1 aliphatic carbocycles. The number of hydrogen-bond acceptors (Lipinski definition) is 2. The molecule has 0 heterocycles. The minimum absolute atomic E-state index is 0. The van der Waals surface area contributed by atoms with Gasteiger partial charge in [-0.25, -0.2) is 0 Å². The molecule has 2 nitrogen and oxygen atoms in total. The van der Waals surface area contributed by atoms with Crippen LogP contribution in [0.25, 0.3) is 0 Å². The van der Waals surface area contributed by atoms with E-state index in [1.54, 1.807) is 0 Å². The molecule has 18 heavy (non-hydrogen) atoms. The number of rotatable bonds is 4. The van der Waals surface area contributed by atoms with E-state index in [4.69, 9.17) is 0 Å². The first kappa shape index (κ1) is 15.2. The monoisotopic (exact) mass is 267 g/mol. The van der Waals surface area contributed by atoms with Crippen LogP contribution in [0, 0.1) is 5.92 Å². The topological polar surface area (TPSA) is 20.3 Å². The number of hydrogen-bond donors (Lipinski definition) is 0. The van der Waals surface area contributed by atoms with Gasteiger partial charge in [0, 0.05) is 18.0 Å². The minimum Gasteiger partial charge on any atom is -0.303 e. The summed E-state index contributed by atoms with van der Waals surface area (Å²) in [5, 5.41) is 0. The summed E-state index contributed by atoms with van der Waals surface area (Å²) in [5.74, 6) is 0.545. The van der Waals surface area contributed by atoms with Gasteiger partial charge in [0.1, 0.15) is 0 Å². The van der Waals surface area contributed by atoms with Crippen molar-refractivity contribution in [2.45, 2.75) is 26.7 Å². The van der Waals surface area contributed by atoms with E-state index < -0.39 is 0 Å². The number of carbonyl (C=O) groups is 1. The van der Waals surface area contributed by atoms with E-state index in [0.29, 0.717) is 5.78 Å². The fraction of sp³-hybridized carbons (Fsp3) is 0.533. The van der Waals surface area contributed by atoms with Crippen molar-refractivity contribution in [1.29, 1.82) is 0 Å². The second kappa shape index (κ2) is 6.91. The molecular formula is C15H22ClNO. The second-order valence-corrected chi connectivity index (χ2v) is 4.74. The Morgan fingerprint density at radius 1 is 1.22 bits per heavy atom. The number of ketones is 1. The lowest BCUT2D eigenvalue weighted by atomic mass is 9.82. The maximum absolute atomic E-state index is 12.4. The van der Waals surface area contributed by atoms with Crippen molar-refractivity contribution in [1.82, 2.24) is 4.90 Å². The van der Waals surface area contributed by atoms with E-state index in [2.05, 4.69) is 24.8 Å². The summed E-state index contributed by atoms with van der Waals surface area (Å²) in [6.45, 7) is 7.29. The molecule has 0 aliphatic heterocycles. The number of nitrogens with zero attached hydrogens (tertiary/aromatic N) is 1. The highest BCUT2D eigenvalue weighted by atomic mass is 35.5. The number of benzene rings is 1. The Morgan fingerprint density at radius 2 is 1.89 bits per heavy atom. The molecule has 1 aromatic rings. The van der Waals surface area contributed by atoms with Crippen LogP contribution in [0.4, 0.5) is 0 Å². The van der Waals surface area contributed by atoms with Crippen molar-refractivity contribution < 1.29 is 4.79 Å². The fourth-order valence-electron chi connectivity index (χ4n) is 2.63. The van der Waals surface area contributed by atoms with Crippen LogP contribution in [-0.2, 0) is 6.42 Å². The van der Waals surface area contributed by atoms with Gasteiger partial charge < -0.3 is 4.90 Å². The Labute approximate surface area is 116 Å². The van der Waals surface area contributed by atoms with E-state index in [0.717, 1.165) is 38.0 Å². The lowest BCUT2D eigenvalue weighted by Gasteiger charge is -2.28. The Kier molecular flexibility index (Phi) is 5.83. The molecule has 1 unspecified atom stereocenters. The molecule has 0 bridgehead atoms. The van der Waals surface area contributed by atoms with E-state index in [9.17, 15) is 4.79 Å². The van der Waals surface area contributed by atoms with Crippen molar-refractivity contribution in [3.05, 3.63) is 35.4 Å². The number of aryl methyl sites for hydroxylation is 1. The van der Waals surface area contributed by atoms with Gasteiger partial charge in [0.05, 0.1) is 0 Å². The quantitative estimate of drug-likeness (QED) is 0.835. The Balaban J connectivity index is 0.00000162. The van der Waals surface area contributed by atoms with Crippen LogP contribution in [0.2, 0.25) is 0 Å². The minimum atomic E-state index is 0. The van der Waals surface area contributed by atoms with E-state index in [1.807, 2.05) is 18.2 Å². The molecule has 0 N–H and O–H groups in total. The summed E-state index contributed by atoms with van der Waals surface area (Å²) in [4.78, 5) is 14.7. The molecule has 0 spiro atoms. The van der Waals surface area contributed by atoms with Crippen molar-refractivity contribution in [2.24, 2.45) is 5.92 Å². The van der Waals surface area contributed by atoms with Crippen LogP contribution in [0.15, 0.2) is 24.3 Å². The van der Waals surface area contributed by atoms with Crippen molar-refractivity contribution in [2.75, 3.05) is 19.6 Å². The highest BCUT2D eigenvalue weighted by molar-refractivity contribution is 6.00. The molecule has 1 aromatic carbocycles. The molecule has 1 aliphatic rings. The summed E-state index contributed by atoms with van der Waals surface area (Å²) in [6, 6.07) is 8.06. The summed E-state index contributed by atoms with van der Waals surface area (Å²) < 4.78 is 0. The number of Topliss-reactive ketones (excluding diaryl/α,β-unsaturated/α-hetero) is 1. The van der Waals surface area contributed by atoms with Crippen LogP contribution in [-0.4, -0.2) is 30.3 Å². The third kappa shape index (κ3) is 3.12. The van der Waals surface area contributed by atoms with Gasteiger partial charge in [0.25, 0.3) is 0 Å². The first-order valence-corrected chi connectivity index (χ1v) is 6.60. The van der Waals surface area contributed by atoms with E-state index in [-0.39, 0.29) is 18.3 Å². The van der Waals surface area contributed by atoms with Gasteiger partial charge in [-0.3, -0.25) is 4.79 Å². The van der Waals surface area contributed by atoms with Crippen molar-refractivity contribution >= 4 is 18.2 Å². The van der Waals surface area contributed by atoms with Gasteiger partial charge in [0.15, 0.2) is 5.78 Å². The van der Waals surface area contributed by atoms with Crippen LogP contribution < -0.4 is 0 Å².